The number of rotatable bonds is 3. The molecule has 1 amide bonds. The third-order valence-corrected chi connectivity index (χ3v) is 5.04. The van der Waals surface area contributed by atoms with Crippen molar-refractivity contribution in [1.29, 1.82) is 0 Å². The summed E-state index contributed by atoms with van der Waals surface area (Å²) >= 11 is 0. The largest absolute Gasteiger partial charge is 0.479 e. The molecule has 0 radical (unpaired) electrons. The number of halogens is 2. The molecule has 0 spiro atoms. The summed E-state index contributed by atoms with van der Waals surface area (Å²) in [5.41, 5.74) is -2.66. The van der Waals surface area contributed by atoms with Crippen LogP contribution in [0.25, 0.3) is 0 Å². The van der Waals surface area contributed by atoms with Crippen molar-refractivity contribution in [2.75, 3.05) is 26.3 Å². The third-order valence-electron chi connectivity index (χ3n) is 5.04. The van der Waals surface area contributed by atoms with Gasteiger partial charge in [0.05, 0.1) is 12.0 Å². The van der Waals surface area contributed by atoms with Crippen LogP contribution in [0.15, 0.2) is 24.3 Å². The second kappa shape index (κ2) is 6.12. The highest BCUT2D eigenvalue weighted by Crippen LogP contribution is 2.39. The predicted octanol–water partition coefficient (Wildman–Crippen LogP) is 1.90. The zero-order chi connectivity index (χ0) is 17.4. The van der Waals surface area contributed by atoms with E-state index in [4.69, 9.17) is 9.84 Å². The molecule has 7 heteroatoms. The molecular formula is C17H19F2NO4. The van der Waals surface area contributed by atoms with Crippen molar-refractivity contribution in [3.63, 3.8) is 0 Å². The van der Waals surface area contributed by atoms with E-state index in [9.17, 15) is 18.4 Å². The second-order valence-electron chi connectivity index (χ2n) is 6.45. The van der Waals surface area contributed by atoms with Crippen LogP contribution in [0.2, 0.25) is 0 Å². The fourth-order valence-electron chi connectivity index (χ4n) is 3.54. The van der Waals surface area contributed by atoms with Crippen molar-refractivity contribution < 1.29 is 28.2 Å². The summed E-state index contributed by atoms with van der Waals surface area (Å²) in [6.45, 7) is 0.351. The fraction of sp³-hybridized carbons (Fsp3) is 0.529. The van der Waals surface area contributed by atoms with E-state index in [2.05, 4.69) is 0 Å². The van der Waals surface area contributed by atoms with Crippen molar-refractivity contribution in [3.8, 4) is 0 Å². The molecule has 0 bridgehead atoms. The number of carboxylic acids is 1. The fourth-order valence-corrected chi connectivity index (χ4v) is 3.54. The van der Waals surface area contributed by atoms with Crippen molar-refractivity contribution in [2.45, 2.75) is 30.3 Å². The molecule has 0 saturated carbocycles. The monoisotopic (exact) mass is 339 g/mol. The van der Waals surface area contributed by atoms with E-state index in [0.717, 1.165) is 0 Å². The average molecular weight is 339 g/mol. The number of carbonyl (C=O) groups is 2. The van der Waals surface area contributed by atoms with Crippen LogP contribution in [0, 0.1) is 5.82 Å². The summed E-state index contributed by atoms with van der Waals surface area (Å²) in [5.74, 6) is -2.25. The Labute approximate surface area is 138 Å². The molecule has 0 aliphatic carbocycles. The number of amides is 1. The van der Waals surface area contributed by atoms with Crippen molar-refractivity contribution in [2.24, 2.45) is 0 Å². The van der Waals surface area contributed by atoms with Gasteiger partial charge in [0, 0.05) is 26.2 Å². The van der Waals surface area contributed by atoms with Gasteiger partial charge in [-0.25, -0.2) is 13.6 Å². The maximum atomic E-state index is 14.3. The number of benzene rings is 1. The molecule has 3 rings (SSSR count). The maximum Gasteiger partial charge on any atom is 0.343 e. The molecule has 2 aliphatic heterocycles. The highest BCUT2D eigenvalue weighted by Gasteiger charge is 2.51. The lowest BCUT2D eigenvalue weighted by Gasteiger charge is -2.39. The number of carboxylic acid groups (broad SMARTS) is 1. The Morgan fingerprint density at radius 1 is 1.12 bits per heavy atom. The topological polar surface area (TPSA) is 66.8 Å². The Morgan fingerprint density at radius 2 is 1.75 bits per heavy atom. The van der Waals surface area contributed by atoms with Crippen LogP contribution in [0.4, 0.5) is 8.78 Å². The quantitative estimate of drug-likeness (QED) is 0.913. The standard InChI is InChI=1S/C17H19F2NO4/c18-13-3-1-12(2-4-13)16(6-9-24-10-7-16)14(21)20-8-5-17(19,11-20)15(22)23/h1-4H,5-11H2,(H,22,23). The van der Waals surface area contributed by atoms with Crippen molar-refractivity contribution in [3.05, 3.63) is 35.6 Å². The second-order valence-corrected chi connectivity index (χ2v) is 6.45. The van der Waals surface area contributed by atoms with Crippen molar-refractivity contribution >= 4 is 11.9 Å². The van der Waals surface area contributed by atoms with Crippen LogP contribution in [-0.4, -0.2) is 53.9 Å². The Bertz CT molecular complexity index is 642. The third kappa shape index (κ3) is 2.77. The van der Waals surface area contributed by atoms with Crippen LogP contribution in [-0.2, 0) is 19.7 Å². The summed E-state index contributed by atoms with van der Waals surface area (Å²) in [7, 11) is 0. The van der Waals surface area contributed by atoms with Gasteiger partial charge in [0.15, 0.2) is 0 Å². The molecule has 1 atom stereocenters. The summed E-state index contributed by atoms with van der Waals surface area (Å²) in [4.78, 5) is 25.5. The van der Waals surface area contributed by atoms with E-state index in [-0.39, 0.29) is 18.9 Å². The first-order valence-electron chi connectivity index (χ1n) is 7.93. The van der Waals surface area contributed by atoms with Gasteiger partial charge in [-0.05, 0) is 30.5 Å². The van der Waals surface area contributed by atoms with Gasteiger partial charge in [-0.3, -0.25) is 4.79 Å². The lowest BCUT2D eigenvalue weighted by Crippen LogP contribution is -2.50. The number of likely N-dealkylation sites (tertiary alicyclic amines) is 1. The Hall–Kier alpha value is -2.02. The van der Waals surface area contributed by atoms with Crippen molar-refractivity contribution in [1.82, 2.24) is 4.90 Å². The van der Waals surface area contributed by atoms with Gasteiger partial charge >= 0.3 is 5.97 Å². The molecule has 2 heterocycles. The molecule has 2 saturated heterocycles. The minimum Gasteiger partial charge on any atom is -0.479 e. The highest BCUT2D eigenvalue weighted by molar-refractivity contribution is 5.90. The van der Waals surface area contributed by atoms with Gasteiger partial charge in [-0.2, -0.15) is 0 Å². The molecule has 24 heavy (non-hydrogen) atoms. The first-order valence-corrected chi connectivity index (χ1v) is 7.93. The van der Waals surface area contributed by atoms with Crippen LogP contribution >= 0.6 is 0 Å². The smallest absolute Gasteiger partial charge is 0.343 e. The highest BCUT2D eigenvalue weighted by atomic mass is 19.1. The summed E-state index contributed by atoms with van der Waals surface area (Å²) in [6, 6.07) is 5.71. The van der Waals surface area contributed by atoms with E-state index < -0.39 is 29.4 Å². The number of alkyl halides is 1. The van der Waals surface area contributed by atoms with Crippen LogP contribution in [0.3, 0.4) is 0 Å². The number of carbonyl (C=O) groups excluding carboxylic acids is 1. The average Bonchev–Trinajstić information content (AvgIpc) is 2.99. The Morgan fingerprint density at radius 3 is 2.29 bits per heavy atom. The first kappa shape index (κ1) is 16.8. The molecule has 1 N–H and O–H groups in total. The molecule has 2 aliphatic rings. The van der Waals surface area contributed by atoms with Gasteiger partial charge < -0.3 is 14.7 Å². The Balaban J connectivity index is 1.91. The van der Waals surface area contributed by atoms with E-state index in [1.54, 1.807) is 12.1 Å². The van der Waals surface area contributed by atoms with Gasteiger partial charge in [-0.1, -0.05) is 12.1 Å². The number of nitrogens with zero attached hydrogens (tertiary/aromatic N) is 1. The summed E-state index contributed by atoms with van der Waals surface area (Å²) in [6.07, 6.45) is 0.588. The first-order chi connectivity index (χ1) is 11.4. The van der Waals surface area contributed by atoms with Gasteiger partial charge in [0.1, 0.15) is 5.82 Å². The van der Waals surface area contributed by atoms with Crippen LogP contribution in [0.1, 0.15) is 24.8 Å². The molecular weight excluding hydrogens is 320 g/mol. The molecule has 5 nitrogen and oxygen atoms in total. The predicted molar refractivity (Wildman–Crippen MR) is 80.8 cm³/mol. The summed E-state index contributed by atoms with van der Waals surface area (Å²) in [5, 5.41) is 9.02. The van der Waals surface area contributed by atoms with E-state index in [0.29, 0.717) is 31.6 Å². The molecule has 0 aromatic heterocycles. The molecule has 130 valence electrons. The van der Waals surface area contributed by atoms with Crippen LogP contribution < -0.4 is 0 Å². The number of aliphatic carboxylic acids is 1. The van der Waals surface area contributed by atoms with E-state index in [1.807, 2.05) is 0 Å². The number of hydrogen-bond donors (Lipinski definition) is 1. The van der Waals surface area contributed by atoms with Gasteiger partial charge in [0.2, 0.25) is 11.6 Å². The zero-order valence-corrected chi connectivity index (χ0v) is 13.1. The van der Waals surface area contributed by atoms with Gasteiger partial charge in [-0.15, -0.1) is 0 Å². The molecule has 1 aromatic rings. The minimum atomic E-state index is -2.40. The summed E-state index contributed by atoms with van der Waals surface area (Å²) < 4.78 is 32.9. The normalized spacial score (nSPS) is 26.3. The molecule has 2 fully saturated rings. The lowest BCUT2D eigenvalue weighted by atomic mass is 9.73. The SMILES string of the molecule is O=C(O)C1(F)CCN(C(=O)C2(c3ccc(F)cc3)CCOCC2)C1. The van der Waals surface area contributed by atoms with Gasteiger partial charge in [0.25, 0.3) is 0 Å². The number of ether oxygens (including phenoxy) is 1. The van der Waals surface area contributed by atoms with E-state index >= 15 is 0 Å². The van der Waals surface area contributed by atoms with E-state index in [1.165, 1.54) is 17.0 Å². The number of hydrogen-bond acceptors (Lipinski definition) is 3. The molecule has 1 unspecified atom stereocenters. The Kier molecular flexibility index (Phi) is 4.29. The molecule has 1 aromatic carbocycles. The van der Waals surface area contributed by atoms with Crippen LogP contribution in [0.5, 0.6) is 0 Å². The minimum absolute atomic E-state index is 0.0609. The maximum absolute atomic E-state index is 14.3. The zero-order valence-electron chi connectivity index (χ0n) is 13.1. The lowest BCUT2D eigenvalue weighted by molar-refractivity contribution is -0.151.